The zero-order valence-electron chi connectivity index (χ0n) is 11.3. The summed E-state index contributed by atoms with van der Waals surface area (Å²) in [4.78, 5) is 0. The molecule has 2 rings (SSSR count). The van der Waals surface area contributed by atoms with Crippen molar-refractivity contribution in [2.24, 2.45) is 0 Å². The van der Waals surface area contributed by atoms with E-state index in [9.17, 15) is 0 Å². The molecular weight excluding hydrogens is 226 g/mol. The molecule has 1 aromatic carbocycles. The van der Waals surface area contributed by atoms with Gasteiger partial charge in [0.15, 0.2) is 0 Å². The van der Waals surface area contributed by atoms with Gasteiger partial charge in [-0.05, 0) is 36.7 Å². The smallest absolute Gasteiger partial charge is 0.121 e. The molecule has 0 aromatic heterocycles. The Kier molecular flexibility index (Phi) is 4.26. The largest absolute Gasteiger partial charge is 0.496 e. The van der Waals surface area contributed by atoms with Crippen molar-refractivity contribution >= 4 is 0 Å². The fraction of sp³-hybridized carbons (Fsp3) is 0.467. The first-order valence-corrected chi connectivity index (χ1v) is 6.47. The van der Waals surface area contributed by atoms with Crippen molar-refractivity contribution in [3.63, 3.8) is 0 Å². The third-order valence-corrected chi connectivity index (χ3v) is 3.18. The van der Waals surface area contributed by atoms with Gasteiger partial charge in [0.1, 0.15) is 11.5 Å². The van der Waals surface area contributed by atoms with Crippen LogP contribution >= 0.6 is 0 Å². The van der Waals surface area contributed by atoms with Crippen LogP contribution in [0.4, 0.5) is 0 Å². The van der Waals surface area contributed by atoms with Gasteiger partial charge in [0.25, 0.3) is 0 Å². The molecule has 1 N–H and O–H groups in total. The van der Waals surface area contributed by atoms with Gasteiger partial charge in [-0.25, -0.2) is 0 Å². The summed E-state index contributed by atoms with van der Waals surface area (Å²) in [5, 5.41) is 3.47. The average molecular weight is 247 g/mol. The van der Waals surface area contributed by atoms with Crippen LogP contribution in [0, 0.1) is 6.92 Å². The molecule has 1 aliphatic heterocycles. The van der Waals surface area contributed by atoms with Crippen LogP contribution in [0.2, 0.25) is 0 Å². The van der Waals surface area contributed by atoms with Gasteiger partial charge in [0.05, 0.1) is 19.8 Å². The molecule has 0 amide bonds. The van der Waals surface area contributed by atoms with Gasteiger partial charge in [0.2, 0.25) is 0 Å². The molecule has 0 saturated carbocycles. The number of benzene rings is 1. The molecule has 3 heteroatoms. The highest BCUT2D eigenvalue weighted by Crippen LogP contribution is 2.29. The van der Waals surface area contributed by atoms with Gasteiger partial charge in [0, 0.05) is 6.42 Å². The van der Waals surface area contributed by atoms with E-state index in [4.69, 9.17) is 9.47 Å². The standard InChI is InChI=1S/C15H21NO2/c1-4-16-15(14-6-5-9-18-14)12-7-8-13(17-3)11(2)10-12/h6-8,10,15-16H,4-5,9H2,1-3H3. The Morgan fingerprint density at radius 3 is 2.83 bits per heavy atom. The summed E-state index contributed by atoms with van der Waals surface area (Å²) >= 11 is 0. The van der Waals surface area contributed by atoms with E-state index in [0.29, 0.717) is 0 Å². The lowest BCUT2D eigenvalue weighted by Gasteiger charge is -2.20. The third-order valence-electron chi connectivity index (χ3n) is 3.18. The minimum atomic E-state index is 0.155. The maximum absolute atomic E-state index is 5.69. The van der Waals surface area contributed by atoms with Crippen molar-refractivity contribution in [1.29, 1.82) is 0 Å². The molecule has 98 valence electrons. The number of methoxy groups -OCH3 is 1. The van der Waals surface area contributed by atoms with Crippen LogP contribution in [0.1, 0.15) is 30.5 Å². The summed E-state index contributed by atoms with van der Waals surface area (Å²) in [7, 11) is 1.70. The number of hydrogen-bond donors (Lipinski definition) is 1. The van der Waals surface area contributed by atoms with Crippen molar-refractivity contribution in [2.45, 2.75) is 26.3 Å². The number of hydrogen-bond acceptors (Lipinski definition) is 3. The lowest BCUT2D eigenvalue weighted by Crippen LogP contribution is -2.23. The fourth-order valence-corrected chi connectivity index (χ4v) is 2.31. The molecule has 1 aliphatic rings. The summed E-state index contributed by atoms with van der Waals surface area (Å²) < 4.78 is 11.0. The summed E-state index contributed by atoms with van der Waals surface area (Å²) in [5.41, 5.74) is 2.37. The molecule has 1 unspecified atom stereocenters. The average Bonchev–Trinajstić information content (AvgIpc) is 2.89. The van der Waals surface area contributed by atoms with Gasteiger partial charge in [-0.1, -0.05) is 19.1 Å². The van der Waals surface area contributed by atoms with Crippen LogP contribution < -0.4 is 10.1 Å². The van der Waals surface area contributed by atoms with Crippen LogP contribution in [-0.2, 0) is 4.74 Å². The van der Waals surface area contributed by atoms with Crippen molar-refractivity contribution in [2.75, 3.05) is 20.3 Å². The van der Waals surface area contributed by atoms with Crippen molar-refractivity contribution in [1.82, 2.24) is 5.32 Å². The van der Waals surface area contributed by atoms with E-state index in [1.165, 1.54) is 5.56 Å². The first kappa shape index (κ1) is 13.0. The van der Waals surface area contributed by atoms with Crippen LogP contribution in [-0.4, -0.2) is 20.3 Å². The number of aryl methyl sites for hydroxylation is 1. The second-order valence-electron chi connectivity index (χ2n) is 4.46. The molecule has 0 bridgehead atoms. The van der Waals surface area contributed by atoms with E-state index in [1.807, 2.05) is 6.07 Å². The van der Waals surface area contributed by atoms with Crippen molar-refractivity contribution in [3.8, 4) is 5.75 Å². The number of ether oxygens (including phenoxy) is 2. The SMILES string of the molecule is CCNC(C1=CCCO1)c1ccc(OC)c(C)c1. The predicted octanol–water partition coefficient (Wildman–Crippen LogP) is 2.96. The Labute approximate surface area is 109 Å². The lowest BCUT2D eigenvalue weighted by molar-refractivity contribution is 0.216. The number of likely N-dealkylation sites (N-methyl/N-ethyl adjacent to an activating group) is 1. The Morgan fingerprint density at radius 1 is 1.44 bits per heavy atom. The fourth-order valence-electron chi connectivity index (χ4n) is 2.31. The molecule has 0 fully saturated rings. The lowest BCUT2D eigenvalue weighted by atomic mass is 10.0. The maximum Gasteiger partial charge on any atom is 0.121 e. The molecule has 0 saturated heterocycles. The summed E-state index contributed by atoms with van der Waals surface area (Å²) in [6, 6.07) is 6.43. The van der Waals surface area contributed by atoms with E-state index < -0.39 is 0 Å². The summed E-state index contributed by atoms with van der Waals surface area (Å²) in [6.45, 7) is 5.89. The minimum absolute atomic E-state index is 0.155. The minimum Gasteiger partial charge on any atom is -0.496 e. The van der Waals surface area contributed by atoms with E-state index >= 15 is 0 Å². The molecule has 1 heterocycles. The Morgan fingerprint density at radius 2 is 2.28 bits per heavy atom. The molecule has 0 radical (unpaired) electrons. The van der Waals surface area contributed by atoms with E-state index in [1.54, 1.807) is 7.11 Å². The van der Waals surface area contributed by atoms with E-state index in [2.05, 4.69) is 37.4 Å². The second-order valence-corrected chi connectivity index (χ2v) is 4.46. The molecule has 18 heavy (non-hydrogen) atoms. The van der Waals surface area contributed by atoms with Crippen molar-refractivity contribution < 1.29 is 9.47 Å². The predicted molar refractivity (Wildman–Crippen MR) is 72.8 cm³/mol. The topological polar surface area (TPSA) is 30.5 Å². The second kappa shape index (κ2) is 5.91. The van der Waals surface area contributed by atoms with Crippen molar-refractivity contribution in [3.05, 3.63) is 41.2 Å². The van der Waals surface area contributed by atoms with Gasteiger partial charge in [-0.3, -0.25) is 0 Å². The third kappa shape index (κ3) is 2.67. The Hall–Kier alpha value is -1.48. The molecule has 0 aliphatic carbocycles. The molecule has 3 nitrogen and oxygen atoms in total. The normalized spacial score (nSPS) is 16.1. The van der Waals surface area contributed by atoms with Gasteiger partial charge >= 0.3 is 0 Å². The first-order chi connectivity index (χ1) is 8.76. The van der Waals surface area contributed by atoms with Crippen LogP contribution in [0.5, 0.6) is 5.75 Å². The molecule has 1 atom stereocenters. The maximum atomic E-state index is 5.69. The van der Waals surface area contributed by atoms with Gasteiger partial charge < -0.3 is 14.8 Å². The zero-order chi connectivity index (χ0) is 13.0. The van der Waals surface area contributed by atoms with Gasteiger partial charge in [-0.2, -0.15) is 0 Å². The molecule has 0 spiro atoms. The van der Waals surface area contributed by atoms with E-state index in [0.717, 1.165) is 36.6 Å². The van der Waals surface area contributed by atoms with E-state index in [-0.39, 0.29) is 6.04 Å². The number of nitrogens with one attached hydrogen (secondary N) is 1. The molecular formula is C15H21NO2. The van der Waals surface area contributed by atoms with Gasteiger partial charge in [-0.15, -0.1) is 0 Å². The zero-order valence-corrected chi connectivity index (χ0v) is 11.3. The first-order valence-electron chi connectivity index (χ1n) is 6.47. The van der Waals surface area contributed by atoms with Crippen LogP contribution in [0.15, 0.2) is 30.0 Å². The monoisotopic (exact) mass is 247 g/mol. The number of rotatable bonds is 5. The molecule has 1 aromatic rings. The highest BCUT2D eigenvalue weighted by atomic mass is 16.5. The Balaban J connectivity index is 2.27. The highest BCUT2D eigenvalue weighted by Gasteiger charge is 2.20. The summed E-state index contributed by atoms with van der Waals surface area (Å²) in [5.74, 6) is 1.97. The highest BCUT2D eigenvalue weighted by molar-refractivity contribution is 5.39. The van der Waals surface area contributed by atoms with Crippen LogP contribution in [0.25, 0.3) is 0 Å². The quantitative estimate of drug-likeness (QED) is 0.867. The Bertz CT molecular complexity index is 440. The summed E-state index contributed by atoms with van der Waals surface area (Å²) in [6.07, 6.45) is 3.18. The van der Waals surface area contributed by atoms with Crippen LogP contribution in [0.3, 0.4) is 0 Å².